The van der Waals surface area contributed by atoms with Crippen molar-refractivity contribution < 1.29 is 18.0 Å². The number of fused-ring (bicyclic) bond motifs is 1. The Morgan fingerprint density at radius 3 is 2.63 bits per heavy atom. The SMILES string of the molecule is CCCNC(=O)N1CCN(CCn2c(C(F)(F)F)nc3cccnc32)CC1. The smallest absolute Gasteiger partial charge is 0.338 e. The molecule has 27 heavy (non-hydrogen) atoms. The standard InChI is InChI=1S/C17H23F3N6O/c1-2-5-22-16(27)25-10-7-24(8-11-25)9-12-26-14-13(4-3-6-21-14)23-15(26)17(18,19)20/h3-4,6H,2,5,7-12H2,1H3,(H,22,27). The molecule has 2 aromatic rings. The fourth-order valence-electron chi connectivity index (χ4n) is 3.15. The predicted octanol–water partition coefficient (Wildman–Crippen LogP) is 2.19. The van der Waals surface area contributed by atoms with E-state index in [1.165, 1.54) is 12.3 Å². The second-order valence-corrected chi connectivity index (χ2v) is 6.49. The average molecular weight is 384 g/mol. The Kier molecular flexibility index (Phi) is 5.83. The number of piperazine rings is 1. The van der Waals surface area contributed by atoms with Gasteiger partial charge in [-0.2, -0.15) is 13.2 Å². The van der Waals surface area contributed by atoms with Crippen LogP contribution in [0.25, 0.3) is 11.2 Å². The number of aromatic nitrogens is 3. The zero-order chi connectivity index (χ0) is 19.4. The van der Waals surface area contributed by atoms with Gasteiger partial charge in [-0.1, -0.05) is 6.92 Å². The quantitative estimate of drug-likeness (QED) is 0.858. The van der Waals surface area contributed by atoms with Crippen LogP contribution in [0.1, 0.15) is 19.2 Å². The molecular weight excluding hydrogens is 361 g/mol. The van der Waals surface area contributed by atoms with Crippen LogP contribution in [0.15, 0.2) is 18.3 Å². The third kappa shape index (κ3) is 4.49. The molecule has 0 saturated carbocycles. The number of imidazole rings is 1. The number of carbonyl (C=O) groups is 1. The van der Waals surface area contributed by atoms with E-state index in [1.54, 1.807) is 11.0 Å². The topological polar surface area (TPSA) is 66.3 Å². The molecule has 7 nitrogen and oxygen atoms in total. The van der Waals surface area contributed by atoms with Gasteiger partial charge in [0.15, 0.2) is 5.65 Å². The van der Waals surface area contributed by atoms with Crippen molar-refractivity contribution in [3.63, 3.8) is 0 Å². The molecular formula is C17H23F3N6O. The normalized spacial score (nSPS) is 16.1. The monoisotopic (exact) mass is 384 g/mol. The van der Waals surface area contributed by atoms with Crippen molar-refractivity contribution in [2.75, 3.05) is 39.3 Å². The molecule has 0 bridgehead atoms. The number of alkyl halides is 3. The molecule has 0 radical (unpaired) electrons. The van der Waals surface area contributed by atoms with E-state index in [0.717, 1.165) is 11.0 Å². The molecule has 1 saturated heterocycles. The number of carbonyl (C=O) groups excluding carboxylic acids is 1. The summed E-state index contributed by atoms with van der Waals surface area (Å²) in [6, 6.07) is 3.02. The van der Waals surface area contributed by atoms with Gasteiger partial charge in [0.2, 0.25) is 5.82 Å². The first-order valence-electron chi connectivity index (χ1n) is 9.03. The molecule has 0 aromatic carbocycles. The van der Waals surface area contributed by atoms with Crippen LogP contribution in [0.2, 0.25) is 0 Å². The summed E-state index contributed by atoms with van der Waals surface area (Å²) in [5, 5.41) is 2.84. The number of nitrogens with zero attached hydrogens (tertiary/aromatic N) is 5. The van der Waals surface area contributed by atoms with Crippen molar-refractivity contribution in [2.24, 2.45) is 0 Å². The second-order valence-electron chi connectivity index (χ2n) is 6.49. The second kappa shape index (κ2) is 8.12. The summed E-state index contributed by atoms with van der Waals surface area (Å²) in [5.41, 5.74) is 0.477. The Hall–Kier alpha value is -2.36. The highest BCUT2D eigenvalue weighted by molar-refractivity contribution is 5.74. The molecule has 3 rings (SSSR count). The summed E-state index contributed by atoms with van der Waals surface area (Å²) in [6.45, 7) is 5.58. The number of halogens is 3. The molecule has 2 aromatic heterocycles. The molecule has 10 heteroatoms. The Balaban J connectivity index is 1.62. The van der Waals surface area contributed by atoms with Crippen LogP contribution in [0, 0.1) is 0 Å². The van der Waals surface area contributed by atoms with Gasteiger partial charge in [0.1, 0.15) is 5.52 Å². The first-order chi connectivity index (χ1) is 12.9. The number of rotatable bonds is 5. The number of urea groups is 1. The number of amides is 2. The van der Waals surface area contributed by atoms with E-state index in [1.807, 2.05) is 6.92 Å². The van der Waals surface area contributed by atoms with Crippen LogP contribution in [-0.2, 0) is 12.7 Å². The highest BCUT2D eigenvalue weighted by atomic mass is 19.4. The van der Waals surface area contributed by atoms with E-state index in [4.69, 9.17) is 0 Å². The molecule has 0 unspecified atom stereocenters. The number of hydrogen-bond acceptors (Lipinski definition) is 4. The molecule has 2 amide bonds. The number of pyridine rings is 1. The zero-order valence-electron chi connectivity index (χ0n) is 15.2. The van der Waals surface area contributed by atoms with E-state index in [-0.39, 0.29) is 23.7 Å². The van der Waals surface area contributed by atoms with Crippen LogP contribution >= 0.6 is 0 Å². The van der Waals surface area contributed by atoms with Crippen LogP contribution in [0.5, 0.6) is 0 Å². The molecule has 1 fully saturated rings. The van der Waals surface area contributed by atoms with E-state index < -0.39 is 12.0 Å². The van der Waals surface area contributed by atoms with Gasteiger partial charge in [-0.3, -0.25) is 4.90 Å². The maximum atomic E-state index is 13.3. The molecule has 0 spiro atoms. The van der Waals surface area contributed by atoms with Gasteiger partial charge >= 0.3 is 12.2 Å². The fourth-order valence-corrected chi connectivity index (χ4v) is 3.15. The van der Waals surface area contributed by atoms with Crippen LogP contribution in [0.3, 0.4) is 0 Å². The van der Waals surface area contributed by atoms with Crippen LogP contribution < -0.4 is 5.32 Å². The minimum atomic E-state index is -4.53. The third-order valence-corrected chi connectivity index (χ3v) is 4.58. The predicted molar refractivity (Wildman–Crippen MR) is 94.2 cm³/mol. The lowest BCUT2D eigenvalue weighted by Gasteiger charge is -2.34. The van der Waals surface area contributed by atoms with E-state index in [0.29, 0.717) is 39.3 Å². The van der Waals surface area contributed by atoms with Crippen molar-refractivity contribution in [3.05, 3.63) is 24.2 Å². The van der Waals surface area contributed by atoms with Gasteiger partial charge in [0, 0.05) is 52.0 Å². The van der Waals surface area contributed by atoms with Crippen LogP contribution in [0.4, 0.5) is 18.0 Å². The zero-order valence-corrected chi connectivity index (χ0v) is 15.2. The van der Waals surface area contributed by atoms with Crippen molar-refractivity contribution >= 4 is 17.2 Å². The van der Waals surface area contributed by atoms with Gasteiger partial charge in [-0.05, 0) is 18.6 Å². The van der Waals surface area contributed by atoms with Crippen molar-refractivity contribution in [1.82, 2.24) is 29.7 Å². The highest BCUT2D eigenvalue weighted by Gasteiger charge is 2.38. The van der Waals surface area contributed by atoms with Crippen molar-refractivity contribution in [1.29, 1.82) is 0 Å². The van der Waals surface area contributed by atoms with Crippen molar-refractivity contribution in [3.8, 4) is 0 Å². The molecule has 1 aliphatic heterocycles. The Bertz CT molecular complexity index is 783. The number of nitrogens with one attached hydrogen (secondary N) is 1. The summed E-state index contributed by atoms with van der Waals surface area (Å²) in [4.78, 5) is 23.5. The Labute approximate surface area is 155 Å². The van der Waals surface area contributed by atoms with Gasteiger partial charge in [-0.25, -0.2) is 14.8 Å². The van der Waals surface area contributed by atoms with Crippen LogP contribution in [-0.4, -0.2) is 69.6 Å². The summed E-state index contributed by atoms with van der Waals surface area (Å²) >= 11 is 0. The van der Waals surface area contributed by atoms with Crippen molar-refractivity contribution in [2.45, 2.75) is 26.1 Å². The fraction of sp³-hybridized carbons (Fsp3) is 0.588. The van der Waals surface area contributed by atoms with Gasteiger partial charge < -0.3 is 14.8 Å². The summed E-state index contributed by atoms with van der Waals surface area (Å²) in [7, 11) is 0. The highest BCUT2D eigenvalue weighted by Crippen LogP contribution is 2.30. The minimum Gasteiger partial charge on any atom is -0.338 e. The molecule has 0 atom stereocenters. The average Bonchev–Trinajstić information content (AvgIpc) is 3.04. The lowest BCUT2D eigenvalue weighted by Crippen LogP contribution is -2.52. The number of hydrogen-bond donors (Lipinski definition) is 1. The van der Waals surface area contributed by atoms with E-state index in [2.05, 4.69) is 20.2 Å². The maximum Gasteiger partial charge on any atom is 0.449 e. The Morgan fingerprint density at radius 1 is 1.22 bits per heavy atom. The third-order valence-electron chi connectivity index (χ3n) is 4.58. The molecule has 3 heterocycles. The summed E-state index contributed by atoms with van der Waals surface area (Å²) in [6.07, 6.45) is -2.19. The first-order valence-corrected chi connectivity index (χ1v) is 9.03. The van der Waals surface area contributed by atoms with Gasteiger partial charge in [-0.15, -0.1) is 0 Å². The molecule has 1 N–H and O–H groups in total. The molecule has 148 valence electrons. The lowest BCUT2D eigenvalue weighted by molar-refractivity contribution is -0.147. The summed E-state index contributed by atoms with van der Waals surface area (Å²) in [5.74, 6) is -0.922. The van der Waals surface area contributed by atoms with Gasteiger partial charge in [0.25, 0.3) is 0 Å². The summed E-state index contributed by atoms with van der Waals surface area (Å²) < 4.78 is 41.1. The van der Waals surface area contributed by atoms with Gasteiger partial charge in [0.05, 0.1) is 0 Å². The molecule has 0 aliphatic carbocycles. The van der Waals surface area contributed by atoms with E-state index in [9.17, 15) is 18.0 Å². The minimum absolute atomic E-state index is 0.0827. The van der Waals surface area contributed by atoms with E-state index >= 15 is 0 Å². The Morgan fingerprint density at radius 2 is 1.96 bits per heavy atom. The molecule has 1 aliphatic rings. The lowest BCUT2D eigenvalue weighted by atomic mass is 10.3. The largest absolute Gasteiger partial charge is 0.449 e. The first kappa shape index (κ1) is 19.4. The maximum absolute atomic E-state index is 13.3.